The molecule has 2 aromatic rings. The number of halogens is 3. The maximum atomic E-state index is 13.6. The van der Waals surface area contributed by atoms with Crippen molar-refractivity contribution in [3.63, 3.8) is 0 Å². The minimum atomic E-state index is -0.581. The predicted molar refractivity (Wildman–Crippen MR) is 123 cm³/mol. The fraction of sp³-hybridized carbons (Fsp3) is 0.333. The van der Waals surface area contributed by atoms with Crippen LogP contribution in [0.2, 0.25) is 0 Å². The first-order valence-corrected chi connectivity index (χ1v) is 9.09. The molecule has 0 heterocycles. The summed E-state index contributed by atoms with van der Waals surface area (Å²) in [5, 5.41) is 6.30. The first-order valence-electron chi connectivity index (χ1n) is 9.09. The van der Waals surface area contributed by atoms with Crippen LogP contribution in [-0.4, -0.2) is 51.0 Å². The Morgan fingerprint density at radius 2 is 1.72 bits per heavy atom. The Hall–Kier alpha value is -2.23. The molecule has 0 bridgehead atoms. The van der Waals surface area contributed by atoms with Crippen molar-refractivity contribution in [2.75, 3.05) is 34.2 Å². The van der Waals surface area contributed by atoms with Gasteiger partial charge in [0, 0.05) is 45.9 Å². The van der Waals surface area contributed by atoms with Gasteiger partial charge in [-0.25, -0.2) is 8.78 Å². The quantitative estimate of drug-likeness (QED) is 0.338. The third kappa shape index (κ3) is 7.96. The summed E-state index contributed by atoms with van der Waals surface area (Å²) in [5.74, 6) is -0.553. The molecule has 0 atom stereocenters. The van der Waals surface area contributed by atoms with Crippen LogP contribution in [0.4, 0.5) is 8.78 Å². The van der Waals surface area contributed by atoms with E-state index >= 15 is 0 Å². The summed E-state index contributed by atoms with van der Waals surface area (Å²) < 4.78 is 26.6. The first-order chi connectivity index (χ1) is 13.4. The van der Waals surface area contributed by atoms with Gasteiger partial charge in [-0.1, -0.05) is 18.2 Å². The summed E-state index contributed by atoms with van der Waals surface area (Å²) in [6.45, 7) is 1.10. The van der Waals surface area contributed by atoms with Crippen LogP contribution in [0, 0.1) is 11.6 Å². The second-order valence-electron chi connectivity index (χ2n) is 6.56. The van der Waals surface area contributed by atoms with Crippen LogP contribution >= 0.6 is 24.0 Å². The third-order valence-corrected chi connectivity index (χ3v) is 4.21. The molecule has 29 heavy (non-hydrogen) atoms. The summed E-state index contributed by atoms with van der Waals surface area (Å²) in [4.78, 5) is 17.7. The lowest BCUT2D eigenvalue weighted by atomic mass is 10.1. The smallest absolute Gasteiger partial charge is 0.253 e. The van der Waals surface area contributed by atoms with Crippen LogP contribution < -0.4 is 10.6 Å². The van der Waals surface area contributed by atoms with Gasteiger partial charge in [0.05, 0.1) is 0 Å². The van der Waals surface area contributed by atoms with Crippen molar-refractivity contribution in [2.45, 2.75) is 12.8 Å². The number of nitrogens with one attached hydrogen (secondary N) is 2. The lowest BCUT2D eigenvalue weighted by Crippen LogP contribution is -2.39. The van der Waals surface area contributed by atoms with E-state index in [0.717, 1.165) is 18.1 Å². The molecule has 0 unspecified atom stereocenters. The van der Waals surface area contributed by atoms with Crippen LogP contribution in [0.1, 0.15) is 21.5 Å². The van der Waals surface area contributed by atoms with Gasteiger partial charge < -0.3 is 15.5 Å². The molecule has 2 aromatic carbocycles. The zero-order valence-corrected chi connectivity index (χ0v) is 19.2. The Balaban J connectivity index is 0.00000420. The van der Waals surface area contributed by atoms with Gasteiger partial charge in [0.1, 0.15) is 11.6 Å². The van der Waals surface area contributed by atoms with E-state index in [1.807, 2.05) is 18.2 Å². The Bertz CT molecular complexity index is 843. The summed E-state index contributed by atoms with van der Waals surface area (Å²) in [6, 6.07) is 11.1. The minimum absolute atomic E-state index is 0. The average molecular weight is 516 g/mol. The fourth-order valence-electron chi connectivity index (χ4n) is 2.70. The van der Waals surface area contributed by atoms with Crippen molar-refractivity contribution in [3.8, 4) is 0 Å². The standard InChI is InChI=1S/C21H26F2N4O.HI/c1-24-21(26-12-10-16-7-8-18(22)14-19(16)23)25-11-9-15-5-4-6-17(13-15)20(28)27(2)3;/h4-8,13-14H,9-12H2,1-3H3,(H2,24,25,26);1H. The van der Waals surface area contributed by atoms with Gasteiger partial charge >= 0.3 is 0 Å². The molecule has 0 spiro atoms. The van der Waals surface area contributed by atoms with E-state index in [9.17, 15) is 13.6 Å². The van der Waals surface area contributed by atoms with Gasteiger partial charge in [0.25, 0.3) is 5.91 Å². The largest absolute Gasteiger partial charge is 0.356 e. The van der Waals surface area contributed by atoms with Crippen LogP contribution in [0.25, 0.3) is 0 Å². The van der Waals surface area contributed by atoms with E-state index < -0.39 is 11.6 Å². The Kier molecular flexibility index (Phi) is 10.6. The first kappa shape index (κ1) is 24.8. The average Bonchev–Trinajstić information content (AvgIpc) is 2.67. The van der Waals surface area contributed by atoms with Crippen molar-refractivity contribution >= 4 is 35.8 Å². The molecule has 0 saturated heterocycles. The van der Waals surface area contributed by atoms with E-state index in [2.05, 4.69) is 15.6 Å². The number of guanidine groups is 1. The van der Waals surface area contributed by atoms with Gasteiger partial charge in [0.2, 0.25) is 0 Å². The zero-order valence-electron chi connectivity index (χ0n) is 16.8. The molecule has 2 rings (SSSR count). The summed E-state index contributed by atoms with van der Waals surface area (Å²) in [5.41, 5.74) is 2.15. The predicted octanol–water partition coefficient (Wildman–Crippen LogP) is 3.23. The monoisotopic (exact) mass is 516 g/mol. The van der Waals surface area contributed by atoms with Crippen molar-refractivity contribution in [2.24, 2.45) is 4.99 Å². The molecular formula is C21H27F2IN4O. The summed E-state index contributed by atoms with van der Waals surface area (Å²) in [7, 11) is 5.11. The van der Waals surface area contributed by atoms with Crippen molar-refractivity contribution in [1.29, 1.82) is 0 Å². The third-order valence-electron chi connectivity index (χ3n) is 4.21. The van der Waals surface area contributed by atoms with Gasteiger partial charge in [-0.15, -0.1) is 24.0 Å². The normalized spacial score (nSPS) is 10.9. The molecule has 0 saturated carbocycles. The van der Waals surface area contributed by atoms with Gasteiger partial charge in [0.15, 0.2) is 5.96 Å². The second-order valence-corrected chi connectivity index (χ2v) is 6.56. The van der Waals surface area contributed by atoms with Gasteiger partial charge in [-0.2, -0.15) is 0 Å². The molecule has 0 radical (unpaired) electrons. The highest BCUT2D eigenvalue weighted by Crippen LogP contribution is 2.10. The molecule has 0 aliphatic rings. The highest BCUT2D eigenvalue weighted by molar-refractivity contribution is 14.0. The second kappa shape index (κ2) is 12.4. The Morgan fingerprint density at radius 3 is 2.34 bits per heavy atom. The maximum Gasteiger partial charge on any atom is 0.253 e. The lowest BCUT2D eigenvalue weighted by Gasteiger charge is -2.13. The number of nitrogens with zero attached hydrogens (tertiary/aromatic N) is 2. The van der Waals surface area contributed by atoms with Crippen molar-refractivity contribution < 1.29 is 13.6 Å². The lowest BCUT2D eigenvalue weighted by molar-refractivity contribution is 0.0827. The van der Waals surface area contributed by atoms with Crippen LogP contribution in [-0.2, 0) is 12.8 Å². The molecule has 2 N–H and O–H groups in total. The number of amides is 1. The topological polar surface area (TPSA) is 56.7 Å². The van der Waals surface area contributed by atoms with Crippen molar-refractivity contribution in [1.82, 2.24) is 15.5 Å². The molecule has 0 aromatic heterocycles. The summed E-state index contributed by atoms with van der Waals surface area (Å²) >= 11 is 0. The number of aliphatic imine (C=N–C) groups is 1. The zero-order chi connectivity index (χ0) is 20.5. The van der Waals surface area contributed by atoms with Crippen LogP contribution in [0.5, 0.6) is 0 Å². The number of rotatable bonds is 7. The SMILES string of the molecule is CN=C(NCCc1cccc(C(=O)N(C)C)c1)NCCc1ccc(F)cc1F.I. The Labute approximate surface area is 187 Å². The number of benzene rings is 2. The van der Waals surface area contributed by atoms with E-state index in [1.165, 1.54) is 12.1 Å². The molecule has 1 amide bonds. The highest BCUT2D eigenvalue weighted by Gasteiger charge is 2.08. The highest BCUT2D eigenvalue weighted by atomic mass is 127. The fourth-order valence-corrected chi connectivity index (χ4v) is 2.70. The number of carbonyl (C=O) groups is 1. The van der Waals surface area contributed by atoms with Crippen LogP contribution in [0.15, 0.2) is 47.5 Å². The van der Waals surface area contributed by atoms with Crippen molar-refractivity contribution in [3.05, 3.63) is 70.8 Å². The molecule has 8 heteroatoms. The maximum absolute atomic E-state index is 13.6. The molecule has 5 nitrogen and oxygen atoms in total. The van der Waals surface area contributed by atoms with Gasteiger partial charge in [-0.3, -0.25) is 9.79 Å². The molecule has 0 aliphatic heterocycles. The Morgan fingerprint density at radius 1 is 1.03 bits per heavy atom. The molecule has 0 fully saturated rings. The number of hydrogen-bond donors (Lipinski definition) is 2. The minimum Gasteiger partial charge on any atom is -0.356 e. The number of carbonyl (C=O) groups excluding carboxylic acids is 1. The van der Waals surface area contributed by atoms with E-state index in [4.69, 9.17) is 0 Å². The van der Waals surface area contributed by atoms with E-state index in [-0.39, 0.29) is 29.9 Å². The number of hydrogen-bond acceptors (Lipinski definition) is 2. The van der Waals surface area contributed by atoms with Gasteiger partial charge in [-0.05, 0) is 42.2 Å². The molecular weight excluding hydrogens is 489 g/mol. The molecule has 0 aliphatic carbocycles. The van der Waals surface area contributed by atoms with E-state index in [1.54, 1.807) is 32.1 Å². The summed E-state index contributed by atoms with van der Waals surface area (Å²) in [6.07, 6.45) is 1.14. The van der Waals surface area contributed by atoms with Crippen LogP contribution in [0.3, 0.4) is 0 Å². The molecule has 158 valence electrons. The van der Waals surface area contributed by atoms with E-state index in [0.29, 0.717) is 36.6 Å².